The van der Waals surface area contributed by atoms with Crippen LogP contribution in [0.25, 0.3) is 55.3 Å². The predicted octanol–water partition coefficient (Wildman–Crippen LogP) is 11.8. The van der Waals surface area contributed by atoms with Crippen LogP contribution < -0.4 is 10.3 Å². The second-order valence-electron chi connectivity index (χ2n) is 13.9. The summed E-state index contributed by atoms with van der Waals surface area (Å²) in [5, 5.41) is 20.9. The van der Waals surface area contributed by atoms with Crippen LogP contribution in [0.1, 0.15) is 36.1 Å². The first-order valence-corrected chi connectivity index (χ1v) is 17.5. The molecule has 5 heteroatoms. The molecule has 0 radical (unpaired) electrons. The molecule has 0 atom stereocenters. The maximum Gasteiger partial charge on any atom is 0.201 e. The van der Waals surface area contributed by atoms with Crippen molar-refractivity contribution in [2.75, 3.05) is 4.90 Å². The fraction of sp³-hybridized carbons (Fsp3) is 0.0625. The molecule has 0 saturated heterocycles. The average Bonchev–Trinajstić information content (AvgIpc) is 3.42. The molecular weight excluding hydrogens is 651 g/mol. The molecule has 53 heavy (non-hydrogen) atoms. The first-order chi connectivity index (χ1) is 25.9. The zero-order valence-electron chi connectivity index (χ0n) is 29.1. The lowest BCUT2D eigenvalue weighted by Crippen LogP contribution is -2.17. The number of hydrogen-bond acceptors (Lipinski definition) is 5. The molecule has 0 aliphatic heterocycles. The summed E-state index contributed by atoms with van der Waals surface area (Å²) in [7, 11) is 0. The largest absolute Gasteiger partial charge is 0.456 e. The number of para-hydroxylation sites is 2. The van der Waals surface area contributed by atoms with Crippen LogP contribution in [0.3, 0.4) is 0 Å². The van der Waals surface area contributed by atoms with Crippen molar-refractivity contribution in [3.63, 3.8) is 0 Å². The van der Waals surface area contributed by atoms with Gasteiger partial charge < -0.3 is 9.32 Å². The van der Waals surface area contributed by atoms with Crippen molar-refractivity contribution in [2.45, 2.75) is 19.3 Å². The fourth-order valence-electron chi connectivity index (χ4n) is 7.95. The summed E-state index contributed by atoms with van der Waals surface area (Å²) in [6, 6.07) is 54.3. The average molecular weight is 682 g/mol. The van der Waals surface area contributed by atoms with Crippen molar-refractivity contribution >= 4 is 39.0 Å². The fourth-order valence-corrected chi connectivity index (χ4v) is 7.95. The van der Waals surface area contributed by atoms with Gasteiger partial charge >= 0.3 is 0 Å². The van der Waals surface area contributed by atoms with Crippen LogP contribution >= 0.6 is 0 Å². The van der Waals surface area contributed by atoms with Gasteiger partial charge in [0, 0.05) is 28.0 Å². The van der Waals surface area contributed by atoms with Gasteiger partial charge in [-0.2, -0.15) is 10.5 Å². The molecule has 0 unspecified atom stereocenters. The van der Waals surface area contributed by atoms with Gasteiger partial charge in [0.15, 0.2) is 0 Å². The number of anilines is 3. The summed E-state index contributed by atoms with van der Waals surface area (Å²) in [5.41, 5.74) is 11.4. The van der Waals surface area contributed by atoms with Gasteiger partial charge in [-0.3, -0.25) is 4.79 Å². The zero-order chi connectivity index (χ0) is 36.3. The van der Waals surface area contributed by atoms with Gasteiger partial charge in [-0.25, -0.2) is 0 Å². The predicted molar refractivity (Wildman–Crippen MR) is 213 cm³/mol. The normalized spacial score (nSPS) is 12.5. The highest BCUT2D eigenvalue weighted by molar-refractivity contribution is 6.04. The van der Waals surface area contributed by atoms with Crippen LogP contribution in [0.2, 0.25) is 0 Å². The monoisotopic (exact) mass is 681 g/mol. The van der Waals surface area contributed by atoms with Crippen LogP contribution in [0.15, 0.2) is 161 Å². The molecule has 0 N–H and O–H groups in total. The van der Waals surface area contributed by atoms with E-state index in [-0.39, 0.29) is 5.43 Å². The highest BCUT2D eigenvalue weighted by Crippen LogP contribution is 2.52. The number of fused-ring (bicyclic) bond motifs is 5. The Bertz CT molecular complexity index is 2870. The number of nitriles is 2. The molecule has 1 aliphatic carbocycles. The lowest BCUT2D eigenvalue weighted by Gasteiger charge is -2.28. The van der Waals surface area contributed by atoms with Gasteiger partial charge in [0.25, 0.3) is 0 Å². The van der Waals surface area contributed by atoms with E-state index in [1.54, 1.807) is 12.1 Å². The number of hydrogen-bond donors (Lipinski definition) is 0. The van der Waals surface area contributed by atoms with Crippen molar-refractivity contribution in [3.05, 3.63) is 184 Å². The third kappa shape index (κ3) is 5.02. The van der Waals surface area contributed by atoms with Crippen LogP contribution in [-0.4, -0.2) is 0 Å². The van der Waals surface area contributed by atoms with Crippen molar-refractivity contribution in [1.82, 2.24) is 0 Å². The van der Waals surface area contributed by atoms with E-state index >= 15 is 0 Å². The zero-order valence-corrected chi connectivity index (χ0v) is 29.1. The van der Waals surface area contributed by atoms with Gasteiger partial charge in [-0.15, -0.1) is 0 Å². The van der Waals surface area contributed by atoms with Crippen molar-refractivity contribution in [2.24, 2.45) is 0 Å². The summed E-state index contributed by atoms with van der Waals surface area (Å²) < 4.78 is 6.71. The Kier molecular flexibility index (Phi) is 7.33. The van der Waals surface area contributed by atoms with Gasteiger partial charge in [-0.05, 0) is 112 Å². The van der Waals surface area contributed by atoms with Crippen molar-refractivity contribution in [1.29, 1.82) is 10.5 Å². The SMILES string of the molecule is CC1(C)c2cc(N(c3ccccc3)c3ccccc3)ccc2-c2cc3oc4cc(-c5ccccc5C#N)cc(-c5ccccc5C#N)c4c(=O)c3cc21. The minimum absolute atomic E-state index is 0.168. The van der Waals surface area contributed by atoms with Gasteiger partial charge in [0.2, 0.25) is 5.43 Å². The van der Waals surface area contributed by atoms with Crippen molar-refractivity contribution < 1.29 is 4.42 Å². The molecule has 9 rings (SSSR count). The first kappa shape index (κ1) is 31.7. The van der Waals surface area contributed by atoms with E-state index in [0.29, 0.717) is 44.2 Å². The third-order valence-electron chi connectivity index (χ3n) is 10.5. The van der Waals surface area contributed by atoms with E-state index in [9.17, 15) is 15.3 Å². The highest BCUT2D eigenvalue weighted by Gasteiger charge is 2.37. The Labute approximate surface area is 306 Å². The highest BCUT2D eigenvalue weighted by atomic mass is 16.3. The topological polar surface area (TPSA) is 81.0 Å². The van der Waals surface area contributed by atoms with E-state index in [0.717, 1.165) is 50.4 Å². The third-order valence-corrected chi connectivity index (χ3v) is 10.5. The molecule has 0 saturated carbocycles. The molecule has 0 fully saturated rings. The Hall–Kier alpha value is -7.21. The number of rotatable bonds is 5. The van der Waals surface area contributed by atoms with Gasteiger partial charge in [0.05, 0.1) is 34.0 Å². The Balaban J connectivity index is 1.27. The first-order valence-electron chi connectivity index (χ1n) is 17.5. The van der Waals surface area contributed by atoms with E-state index in [4.69, 9.17) is 4.42 Å². The summed E-state index contributed by atoms with van der Waals surface area (Å²) in [6.07, 6.45) is 0. The van der Waals surface area contributed by atoms with Crippen LogP contribution in [0, 0.1) is 22.7 Å². The molecule has 0 bridgehead atoms. The van der Waals surface area contributed by atoms with E-state index in [1.165, 1.54) is 0 Å². The van der Waals surface area contributed by atoms with Crippen molar-refractivity contribution in [3.8, 4) is 45.5 Å². The second-order valence-corrected chi connectivity index (χ2v) is 13.9. The molecule has 5 nitrogen and oxygen atoms in total. The molecule has 8 aromatic rings. The minimum Gasteiger partial charge on any atom is -0.456 e. The van der Waals surface area contributed by atoms with Gasteiger partial charge in [0.1, 0.15) is 11.2 Å². The Morgan fingerprint density at radius 1 is 0.528 bits per heavy atom. The molecule has 1 aliphatic rings. The summed E-state index contributed by atoms with van der Waals surface area (Å²) in [5.74, 6) is 0. The molecule has 250 valence electrons. The lowest BCUT2D eigenvalue weighted by molar-refractivity contribution is 0.653. The summed E-state index contributed by atoms with van der Waals surface area (Å²) in [4.78, 5) is 17.1. The second kappa shape index (κ2) is 12.2. The smallest absolute Gasteiger partial charge is 0.201 e. The Morgan fingerprint density at radius 3 is 1.77 bits per heavy atom. The minimum atomic E-state index is -0.420. The summed E-state index contributed by atoms with van der Waals surface area (Å²) in [6.45, 7) is 4.41. The van der Waals surface area contributed by atoms with Crippen LogP contribution in [0.5, 0.6) is 0 Å². The quantitative estimate of drug-likeness (QED) is 0.169. The maximum atomic E-state index is 14.8. The molecule has 0 spiro atoms. The molecule has 1 aromatic heterocycles. The lowest BCUT2D eigenvalue weighted by atomic mass is 9.81. The van der Waals surface area contributed by atoms with Crippen LogP contribution in [-0.2, 0) is 5.41 Å². The number of benzene rings is 7. The van der Waals surface area contributed by atoms with Gasteiger partial charge in [-0.1, -0.05) is 92.7 Å². The standard InChI is InChI=1S/C48H31N3O2/c1-48(2)42-25-35(51(33-15-5-3-6-16-33)34-17-7-4-8-18-34)21-22-38(42)39-27-44-41(26-43(39)48)47(52)46-40(37-20-12-10-14-31(37)29-50)23-32(24-45(46)53-44)36-19-11-9-13-30(36)28-49/h3-27H,1-2H3. The van der Waals surface area contributed by atoms with E-state index < -0.39 is 5.41 Å². The maximum absolute atomic E-state index is 14.8. The molecule has 0 amide bonds. The van der Waals surface area contributed by atoms with E-state index in [2.05, 4.69) is 73.4 Å². The summed E-state index contributed by atoms with van der Waals surface area (Å²) >= 11 is 0. The molecule has 7 aromatic carbocycles. The van der Waals surface area contributed by atoms with Crippen LogP contribution in [0.4, 0.5) is 17.1 Å². The molecular formula is C48H31N3O2. The Morgan fingerprint density at radius 2 is 1.11 bits per heavy atom. The molecule has 1 heterocycles. The number of nitrogens with zero attached hydrogens (tertiary/aromatic N) is 3. The van der Waals surface area contributed by atoms with E-state index in [1.807, 2.05) is 97.1 Å².